The van der Waals surface area contributed by atoms with Crippen LogP contribution in [-0.4, -0.2) is 30.2 Å². The highest BCUT2D eigenvalue weighted by Gasteiger charge is 2.29. The molecule has 1 N–H and O–H groups in total. The summed E-state index contributed by atoms with van der Waals surface area (Å²) in [5, 5.41) is 14.2. The number of amides is 1. The molecule has 0 aliphatic heterocycles. The number of nitrogens with one attached hydrogen (secondary N) is 1. The van der Waals surface area contributed by atoms with Crippen LogP contribution in [0, 0.1) is 10.1 Å². The summed E-state index contributed by atoms with van der Waals surface area (Å²) in [6, 6.07) is 24.3. The summed E-state index contributed by atoms with van der Waals surface area (Å²) in [6.07, 6.45) is -0.569. The molecule has 0 unspecified atom stereocenters. The van der Waals surface area contributed by atoms with Gasteiger partial charge >= 0.3 is 12.1 Å². The van der Waals surface area contributed by atoms with E-state index in [0.717, 1.165) is 33.6 Å². The highest BCUT2D eigenvalue weighted by atomic mass is 32.2. The molecular weight excluding hydrogens is 524 g/mol. The van der Waals surface area contributed by atoms with Gasteiger partial charge in [0, 0.05) is 22.6 Å². The molecule has 0 atom stereocenters. The first-order valence-electron chi connectivity index (χ1n) is 11.8. The number of nitro groups is 1. The number of anilines is 1. The van der Waals surface area contributed by atoms with Gasteiger partial charge in [-0.05, 0) is 53.4 Å². The number of carbonyl (C=O) groups is 2. The smallest absolute Gasteiger partial charge is 0.411 e. The first-order chi connectivity index (χ1) is 18.4. The van der Waals surface area contributed by atoms with Gasteiger partial charge in [-0.1, -0.05) is 60.3 Å². The van der Waals surface area contributed by atoms with Crippen LogP contribution in [0.5, 0.6) is 0 Å². The fraction of sp³-hybridized carbons (Fsp3) is 0.143. The zero-order valence-corrected chi connectivity index (χ0v) is 21.8. The molecule has 0 spiro atoms. The van der Waals surface area contributed by atoms with E-state index in [2.05, 4.69) is 29.6 Å². The van der Waals surface area contributed by atoms with Crippen LogP contribution in [0.4, 0.5) is 16.2 Å². The molecule has 1 heterocycles. The van der Waals surface area contributed by atoms with Crippen LogP contribution in [0.3, 0.4) is 0 Å². The van der Waals surface area contributed by atoms with Gasteiger partial charge in [-0.2, -0.15) is 0 Å². The van der Waals surface area contributed by atoms with Crippen molar-refractivity contribution in [1.82, 2.24) is 0 Å². The van der Waals surface area contributed by atoms with Gasteiger partial charge in [0.25, 0.3) is 5.69 Å². The lowest BCUT2D eigenvalue weighted by atomic mass is 9.98. The number of nitrogens with zero attached hydrogens (tertiary/aromatic N) is 1. The molecule has 4 aromatic rings. The van der Waals surface area contributed by atoms with E-state index in [1.807, 2.05) is 24.3 Å². The largest absolute Gasteiger partial charge is 0.462 e. The molecule has 0 radical (unpaired) electrons. The van der Waals surface area contributed by atoms with E-state index >= 15 is 0 Å². The summed E-state index contributed by atoms with van der Waals surface area (Å²) >= 11 is 2.18. The van der Waals surface area contributed by atoms with Crippen LogP contribution >= 0.6 is 23.1 Å². The Morgan fingerprint density at radius 1 is 0.974 bits per heavy atom. The van der Waals surface area contributed by atoms with Gasteiger partial charge in [0.1, 0.15) is 15.7 Å². The van der Waals surface area contributed by atoms with Crippen LogP contribution in [-0.2, 0) is 9.47 Å². The maximum atomic E-state index is 12.6. The number of thiophene rings is 1. The van der Waals surface area contributed by atoms with Gasteiger partial charge in [-0.15, -0.1) is 11.3 Å². The van der Waals surface area contributed by atoms with Crippen LogP contribution in [0.25, 0.3) is 11.1 Å². The Balaban J connectivity index is 1.22. The number of hydrogen-bond donors (Lipinski definition) is 1. The van der Waals surface area contributed by atoms with Crippen molar-refractivity contribution < 1.29 is 24.0 Å². The Kier molecular flexibility index (Phi) is 7.43. The van der Waals surface area contributed by atoms with Crippen molar-refractivity contribution in [3.05, 3.63) is 105 Å². The van der Waals surface area contributed by atoms with Crippen LogP contribution in [0.15, 0.2) is 88.0 Å². The van der Waals surface area contributed by atoms with Gasteiger partial charge in [-0.25, -0.2) is 9.59 Å². The van der Waals surface area contributed by atoms with Gasteiger partial charge in [0.15, 0.2) is 0 Å². The van der Waals surface area contributed by atoms with Gasteiger partial charge in [-0.3, -0.25) is 15.4 Å². The normalized spacial score (nSPS) is 11.9. The quantitative estimate of drug-likeness (QED) is 0.140. The third-order valence-corrected chi connectivity index (χ3v) is 8.31. The van der Waals surface area contributed by atoms with Crippen molar-refractivity contribution in [3.8, 4) is 11.1 Å². The van der Waals surface area contributed by atoms with E-state index in [0.29, 0.717) is 14.8 Å². The SMILES string of the molecule is CCOC(=O)c1cc([N+](=O)[O-])c(Sc2ccc(NC(=O)OCC3c4ccccc4-c4ccccc43)cc2)s1. The van der Waals surface area contributed by atoms with Gasteiger partial charge in [0.05, 0.1) is 11.5 Å². The molecular formula is C28H22N2O6S2. The number of hydrogen-bond acceptors (Lipinski definition) is 8. The average Bonchev–Trinajstić information content (AvgIpc) is 3.48. The maximum absolute atomic E-state index is 12.6. The van der Waals surface area contributed by atoms with E-state index < -0.39 is 17.0 Å². The minimum Gasteiger partial charge on any atom is -0.462 e. The van der Waals surface area contributed by atoms with Crippen LogP contribution in [0.1, 0.15) is 33.6 Å². The van der Waals surface area contributed by atoms with E-state index in [1.54, 1.807) is 31.2 Å². The second kappa shape index (κ2) is 11.1. The van der Waals surface area contributed by atoms with Crippen molar-refractivity contribution in [3.63, 3.8) is 0 Å². The number of esters is 1. The first kappa shape index (κ1) is 25.5. The molecule has 10 heteroatoms. The molecule has 0 saturated heterocycles. The predicted octanol–water partition coefficient (Wildman–Crippen LogP) is 7.35. The summed E-state index contributed by atoms with van der Waals surface area (Å²) in [5.41, 5.74) is 4.97. The lowest BCUT2D eigenvalue weighted by Crippen LogP contribution is -2.17. The number of ether oxygens (including phenoxy) is 2. The molecule has 0 saturated carbocycles. The minimum absolute atomic E-state index is 0.0342. The number of rotatable bonds is 8. The lowest BCUT2D eigenvalue weighted by Gasteiger charge is -2.14. The lowest BCUT2D eigenvalue weighted by molar-refractivity contribution is -0.387. The second-order valence-corrected chi connectivity index (χ2v) is 10.7. The molecule has 1 aliphatic carbocycles. The summed E-state index contributed by atoms with van der Waals surface area (Å²) in [4.78, 5) is 36.4. The first-order valence-corrected chi connectivity index (χ1v) is 13.4. The fourth-order valence-electron chi connectivity index (χ4n) is 4.33. The van der Waals surface area contributed by atoms with Crippen LogP contribution in [0.2, 0.25) is 0 Å². The van der Waals surface area contributed by atoms with E-state index in [-0.39, 0.29) is 29.7 Å². The Labute approximate surface area is 226 Å². The van der Waals surface area contributed by atoms with E-state index in [4.69, 9.17) is 9.47 Å². The predicted molar refractivity (Wildman–Crippen MR) is 146 cm³/mol. The highest BCUT2D eigenvalue weighted by molar-refractivity contribution is 8.01. The number of fused-ring (bicyclic) bond motifs is 3. The molecule has 38 heavy (non-hydrogen) atoms. The third-order valence-electron chi connectivity index (χ3n) is 6.01. The summed E-state index contributed by atoms with van der Waals surface area (Å²) in [5.74, 6) is -0.622. The second-order valence-electron chi connectivity index (χ2n) is 8.34. The maximum Gasteiger partial charge on any atom is 0.411 e. The number of benzene rings is 3. The summed E-state index contributed by atoms with van der Waals surface area (Å²) in [6.45, 7) is 2.07. The van der Waals surface area contributed by atoms with Gasteiger partial charge in [0.2, 0.25) is 0 Å². The third kappa shape index (κ3) is 5.27. The Morgan fingerprint density at radius 2 is 1.61 bits per heavy atom. The molecule has 5 rings (SSSR count). The molecule has 0 bridgehead atoms. The van der Waals surface area contributed by atoms with Crippen molar-refractivity contribution in [2.24, 2.45) is 0 Å². The van der Waals surface area contributed by atoms with Crippen molar-refractivity contribution in [2.45, 2.75) is 21.9 Å². The van der Waals surface area contributed by atoms with Crippen LogP contribution < -0.4 is 5.32 Å². The summed E-state index contributed by atoms with van der Waals surface area (Å²) < 4.78 is 10.9. The summed E-state index contributed by atoms with van der Waals surface area (Å²) in [7, 11) is 0. The zero-order chi connectivity index (χ0) is 26.6. The Bertz CT molecular complexity index is 1470. The molecule has 3 aromatic carbocycles. The average molecular weight is 547 g/mol. The van der Waals surface area contributed by atoms with E-state index in [1.165, 1.54) is 17.8 Å². The topological polar surface area (TPSA) is 108 Å². The number of carbonyl (C=O) groups excluding carboxylic acids is 2. The molecule has 1 aromatic heterocycles. The molecule has 0 fully saturated rings. The fourth-order valence-corrected chi connectivity index (χ4v) is 6.53. The van der Waals surface area contributed by atoms with Crippen molar-refractivity contribution in [2.75, 3.05) is 18.5 Å². The molecule has 8 nitrogen and oxygen atoms in total. The minimum atomic E-state index is -0.588. The van der Waals surface area contributed by atoms with Crippen molar-refractivity contribution >= 4 is 46.5 Å². The highest BCUT2D eigenvalue weighted by Crippen LogP contribution is 2.45. The van der Waals surface area contributed by atoms with E-state index in [9.17, 15) is 19.7 Å². The Morgan fingerprint density at radius 3 is 2.21 bits per heavy atom. The molecule has 1 aliphatic rings. The Hall–Kier alpha value is -4.15. The molecule has 1 amide bonds. The van der Waals surface area contributed by atoms with Crippen molar-refractivity contribution in [1.29, 1.82) is 0 Å². The monoisotopic (exact) mass is 546 g/mol. The standard InChI is InChI=1S/C28H22N2O6S2/c1-2-35-26(31)25-15-24(30(33)34)27(38-25)37-18-13-11-17(12-14-18)29-28(32)36-16-23-21-9-5-3-7-19(21)20-8-4-6-10-22(20)23/h3-15,23H,2,16H2,1H3,(H,29,32). The molecule has 192 valence electrons. The zero-order valence-electron chi connectivity index (χ0n) is 20.2. The van der Waals surface area contributed by atoms with Gasteiger partial charge < -0.3 is 9.47 Å².